The molecule has 3 nitrogen and oxygen atoms in total. The minimum Gasteiger partial charge on any atom is -0.326 e. The maximum Gasteiger partial charge on any atom is 0.228 e. The van der Waals surface area contributed by atoms with Crippen LogP contribution < -0.4 is 5.32 Å². The van der Waals surface area contributed by atoms with Crippen molar-refractivity contribution in [1.29, 1.82) is 0 Å². The van der Waals surface area contributed by atoms with Crippen LogP contribution in [0.25, 0.3) is 0 Å². The highest BCUT2D eigenvalue weighted by atomic mass is 19.1. The van der Waals surface area contributed by atoms with Crippen molar-refractivity contribution in [2.24, 2.45) is 5.92 Å². The van der Waals surface area contributed by atoms with E-state index in [1.807, 2.05) is 38.1 Å². The Balaban J connectivity index is 1.60. The van der Waals surface area contributed by atoms with Crippen LogP contribution in [0.3, 0.4) is 0 Å². The Hall–Kier alpha value is -2.20. The van der Waals surface area contributed by atoms with Crippen molar-refractivity contribution in [1.82, 2.24) is 4.90 Å². The normalized spacial score (nSPS) is 18.1. The molecule has 3 rings (SSSR count). The average molecular weight is 340 g/mol. The van der Waals surface area contributed by atoms with E-state index in [4.69, 9.17) is 0 Å². The van der Waals surface area contributed by atoms with Gasteiger partial charge in [0.05, 0.1) is 5.92 Å². The van der Waals surface area contributed by atoms with Crippen molar-refractivity contribution in [3.8, 4) is 0 Å². The summed E-state index contributed by atoms with van der Waals surface area (Å²) in [6, 6.07) is 12.7. The lowest BCUT2D eigenvalue weighted by molar-refractivity contribution is -0.121. The Morgan fingerprint density at radius 1 is 1.16 bits per heavy atom. The third-order valence-electron chi connectivity index (χ3n) is 4.68. The number of nitrogens with one attached hydrogen (secondary N) is 1. The molecule has 2 aromatic rings. The molecule has 1 saturated heterocycles. The van der Waals surface area contributed by atoms with E-state index < -0.39 is 0 Å². The molecule has 0 radical (unpaired) electrons. The quantitative estimate of drug-likeness (QED) is 0.900. The van der Waals surface area contributed by atoms with Crippen LogP contribution >= 0.6 is 0 Å². The van der Waals surface area contributed by atoms with Crippen LogP contribution in [-0.2, 0) is 11.3 Å². The molecule has 0 saturated carbocycles. The lowest BCUT2D eigenvalue weighted by Gasteiger charge is -2.32. The zero-order valence-electron chi connectivity index (χ0n) is 14.9. The molecule has 2 aromatic carbocycles. The van der Waals surface area contributed by atoms with Crippen LogP contribution in [0.1, 0.15) is 29.5 Å². The summed E-state index contributed by atoms with van der Waals surface area (Å²) in [5, 5.41) is 3.07. The molecule has 0 aromatic heterocycles. The topological polar surface area (TPSA) is 32.3 Å². The molecule has 1 aliphatic rings. The van der Waals surface area contributed by atoms with E-state index >= 15 is 0 Å². The van der Waals surface area contributed by atoms with Gasteiger partial charge in [-0.1, -0.05) is 18.2 Å². The predicted octanol–water partition coefficient (Wildman–Crippen LogP) is 4.29. The van der Waals surface area contributed by atoms with Gasteiger partial charge >= 0.3 is 0 Å². The fourth-order valence-corrected chi connectivity index (χ4v) is 3.55. The molecular formula is C21H25FN2O. The van der Waals surface area contributed by atoms with Gasteiger partial charge in [0.15, 0.2) is 0 Å². The number of piperidine rings is 1. The van der Waals surface area contributed by atoms with Gasteiger partial charge in [0.1, 0.15) is 5.82 Å². The number of carbonyl (C=O) groups excluding carboxylic acids is 1. The van der Waals surface area contributed by atoms with Crippen LogP contribution in [0.2, 0.25) is 0 Å². The number of nitrogens with zero attached hydrogens (tertiary/aromatic N) is 1. The molecule has 1 heterocycles. The molecule has 1 fully saturated rings. The van der Waals surface area contributed by atoms with Crippen LogP contribution in [0.15, 0.2) is 42.5 Å². The maximum absolute atomic E-state index is 13.0. The maximum atomic E-state index is 13.0. The minimum atomic E-state index is -0.215. The van der Waals surface area contributed by atoms with E-state index in [1.54, 1.807) is 0 Å². The van der Waals surface area contributed by atoms with Gasteiger partial charge < -0.3 is 5.32 Å². The highest BCUT2D eigenvalue weighted by Gasteiger charge is 2.25. The van der Waals surface area contributed by atoms with E-state index in [9.17, 15) is 9.18 Å². The molecule has 0 spiro atoms. The monoisotopic (exact) mass is 340 g/mol. The van der Waals surface area contributed by atoms with Crippen molar-refractivity contribution in [2.45, 2.75) is 33.2 Å². The van der Waals surface area contributed by atoms with Gasteiger partial charge in [0, 0.05) is 18.8 Å². The lowest BCUT2D eigenvalue weighted by Crippen LogP contribution is -2.40. The Morgan fingerprint density at radius 3 is 2.52 bits per heavy atom. The molecule has 1 atom stereocenters. The number of hydrogen-bond donors (Lipinski definition) is 1. The summed E-state index contributed by atoms with van der Waals surface area (Å²) >= 11 is 0. The standard InChI is InChI=1S/C21H25FN2O/c1-15-10-16(2)12-20(11-15)23-21(25)18-4-3-9-24(14-18)13-17-5-7-19(22)8-6-17/h5-8,10-12,18H,3-4,9,13-14H2,1-2H3,(H,23,25)/t18-/m1/s1. The number of aryl methyl sites for hydroxylation is 2. The minimum absolute atomic E-state index is 0.00461. The predicted molar refractivity (Wildman–Crippen MR) is 98.9 cm³/mol. The number of halogens is 1. The second-order valence-corrected chi connectivity index (χ2v) is 7.07. The SMILES string of the molecule is Cc1cc(C)cc(NC(=O)[C@@H]2CCCN(Cc3ccc(F)cc3)C2)c1. The number of rotatable bonds is 4. The lowest BCUT2D eigenvalue weighted by atomic mass is 9.96. The fourth-order valence-electron chi connectivity index (χ4n) is 3.55. The molecule has 132 valence electrons. The first kappa shape index (κ1) is 17.6. The molecule has 0 unspecified atom stereocenters. The summed E-state index contributed by atoms with van der Waals surface area (Å²) in [5.74, 6) is -0.128. The van der Waals surface area contributed by atoms with Crippen molar-refractivity contribution in [2.75, 3.05) is 18.4 Å². The van der Waals surface area contributed by atoms with Crippen LogP contribution in [0, 0.1) is 25.6 Å². The molecule has 1 amide bonds. The molecule has 1 N–H and O–H groups in total. The van der Waals surface area contributed by atoms with Gasteiger partial charge in [-0.05, 0) is 74.2 Å². The Morgan fingerprint density at radius 2 is 1.84 bits per heavy atom. The van der Waals surface area contributed by atoms with Gasteiger partial charge in [-0.2, -0.15) is 0 Å². The first-order valence-corrected chi connectivity index (χ1v) is 8.85. The van der Waals surface area contributed by atoms with E-state index in [0.717, 1.165) is 54.9 Å². The Bertz CT molecular complexity index is 722. The third-order valence-corrected chi connectivity index (χ3v) is 4.68. The summed E-state index contributed by atoms with van der Waals surface area (Å²) in [4.78, 5) is 14.9. The van der Waals surface area contributed by atoms with E-state index in [1.165, 1.54) is 12.1 Å². The molecule has 0 aliphatic carbocycles. The van der Waals surface area contributed by atoms with Gasteiger partial charge in [-0.25, -0.2) is 4.39 Å². The molecule has 0 bridgehead atoms. The first-order chi connectivity index (χ1) is 12.0. The number of amides is 1. The number of hydrogen-bond acceptors (Lipinski definition) is 2. The second-order valence-electron chi connectivity index (χ2n) is 7.07. The summed E-state index contributed by atoms with van der Waals surface area (Å²) in [6.45, 7) is 6.55. The summed E-state index contributed by atoms with van der Waals surface area (Å²) in [7, 11) is 0. The highest BCUT2D eigenvalue weighted by molar-refractivity contribution is 5.92. The van der Waals surface area contributed by atoms with Gasteiger partial charge in [-0.3, -0.25) is 9.69 Å². The zero-order valence-corrected chi connectivity index (χ0v) is 14.9. The third kappa shape index (κ3) is 4.89. The largest absolute Gasteiger partial charge is 0.326 e. The Kier molecular flexibility index (Phi) is 5.49. The number of benzene rings is 2. The zero-order chi connectivity index (χ0) is 17.8. The van der Waals surface area contributed by atoms with Crippen LogP contribution in [0.5, 0.6) is 0 Å². The molecule has 1 aliphatic heterocycles. The molecular weight excluding hydrogens is 315 g/mol. The average Bonchev–Trinajstić information content (AvgIpc) is 2.56. The van der Waals surface area contributed by atoms with Crippen molar-refractivity contribution in [3.63, 3.8) is 0 Å². The van der Waals surface area contributed by atoms with Crippen molar-refractivity contribution < 1.29 is 9.18 Å². The van der Waals surface area contributed by atoms with Gasteiger partial charge in [0.2, 0.25) is 5.91 Å². The summed E-state index contributed by atoms with van der Waals surface area (Å²) in [6.07, 6.45) is 1.92. The number of carbonyl (C=O) groups is 1. The van der Waals surface area contributed by atoms with Crippen molar-refractivity contribution in [3.05, 3.63) is 65.0 Å². The fraction of sp³-hybridized carbons (Fsp3) is 0.381. The summed E-state index contributed by atoms with van der Waals surface area (Å²) < 4.78 is 13.0. The highest BCUT2D eigenvalue weighted by Crippen LogP contribution is 2.21. The van der Waals surface area contributed by atoms with Crippen LogP contribution in [-0.4, -0.2) is 23.9 Å². The number of likely N-dealkylation sites (tertiary alicyclic amines) is 1. The van der Waals surface area contributed by atoms with Crippen LogP contribution in [0.4, 0.5) is 10.1 Å². The smallest absolute Gasteiger partial charge is 0.228 e. The number of anilines is 1. The second kappa shape index (κ2) is 7.79. The Labute approximate surface area is 148 Å². The molecule has 25 heavy (non-hydrogen) atoms. The van der Waals surface area contributed by atoms with E-state index in [-0.39, 0.29) is 17.6 Å². The van der Waals surface area contributed by atoms with Crippen molar-refractivity contribution >= 4 is 11.6 Å². The van der Waals surface area contributed by atoms with E-state index in [2.05, 4.69) is 16.3 Å². The molecule has 4 heteroatoms. The van der Waals surface area contributed by atoms with E-state index in [0.29, 0.717) is 0 Å². The van der Waals surface area contributed by atoms with Gasteiger partial charge in [0.25, 0.3) is 0 Å². The first-order valence-electron chi connectivity index (χ1n) is 8.85. The van der Waals surface area contributed by atoms with Gasteiger partial charge in [-0.15, -0.1) is 0 Å². The summed E-state index contributed by atoms with van der Waals surface area (Å²) in [5.41, 5.74) is 4.25.